The van der Waals surface area contributed by atoms with Gasteiger partial charge in [0.25, 0.3) is 5.56 Å². The van der Waals surface area contributed by atoms with Gasteiger partial charge in [0.1, 0.15) is 18.5 Å². The van der Waals surface area contributed by atoms with Crippen LogP contribution in [0.3, 0.4) is 0 Å². The van der Waals surface area contributed by atoms with E-state index < -0.39 is 0 Å². The summed E-state index contributed by atoms with van der Waals surface area (Å²) in [5.74, 6) is 0.467. The molecule has 164 valence electrons. The van der Waals surface area contributed by atoms with E-state index in [1.54, 1.807) is 61.3 Å². The lowest BCUT2D eigenvalue weighted by molar-refractivity contribution is -0.136. The van der Waals surface area contributed by atoms with Crippen molar-refractivity contribution in [1.82, 2.24) is 29.0 Å². The van der Waals surface area contributed by atoms with E-state index in [4.69, 9.17) is 4.74 Å². The smallest absolute Gasteiger partial charge is 0.252 e. The van der Waals surface area contributed by atoms with Crippen molar-refractivity contribution in [3.63, 3.8) is 0 Å². The number of imidazole rings is 1. The first-order chi connectivity index (χ1) is 14.9. The summed E-state index contributed by atoms with van der Waals surface area (Å²) in [6, 6.07) is 1.79. The number of anilines is 1. The van der Waals surface area contributed by atoms with Gasteiger partial charge in [-0.3, -0.25) is 14.2 Å². The molecule has 3 aromatic rings. The van der Waals surface area contributed by atoms with Gasteiger partial charge in [-0.15, -0.1) is 0 Å². The third-order valence-corrected chi connectivity index (χ3v) is 5.68. The number of nitrogens with zero attached hydrogens (tertiary/aromatic N) is 6. The van der Waals surface area contributed by atoms with Crippen LogP contribution in [-0.2, 0) is 16.6 Å². The van der Waals surface area contributed by atoms with Crippen LogP contribution in [0.1, 0.15) is 25.7 Å². The number of aryl methyl sites for hydroxylation is 1. The molecule has 1 amide bonds. The molecule has 0 spiro atoms. The molecule has 3 aromatic heterocycles. The van der Waals surface area contributed by atoms with Gasteiger partial charge >= 0.3 is 0 Å². The molecule has 1 saturated carbocycles. The summed E-state index contributed by atoms with van der Waals surface area (Å²) in [4.78, 5) is 38.8. The summed E-state index contributed by atoms with van der Waals surface area (Å²) in [6.07, 6.45) is 10.3. The summed E-state index contributed by atoms with van der Waals surface area (Å²) in [5.41, 5.74) is 1.94. The number of amides is 1. The van der Waals surface area contributed by atoms with Gasteiger partial charge in [0, 0.05) is 45.6 Å². The third-order valence-electron chi connectivity index (χ3n) is 5.68. The minimum atomic E-state index is -0.117. The van der Waals surface area contributed by atoms with Crippen LogP contribution < -0.4 is 10.9 Å². The number of carbonyl (C=O) groups excluding carboxylic acids is 1. The fourth-order valence-corrected chi connectivity index (χ4v) is 3.74. The maximum absolute atomic E-state index is 12.5. The Hall–Kier alpha value is -3.27. The van der Waals surface area contributed by atoms with Crippen LogP contribution in [0.25, 0.3) is 17.0 Å². The van der Waals surface area contributed by atoms with E-state index >= 15 is 0 Å². The van der Waals surface area contributed by atoms with Gasteiger partial charge < -0.3 is 19.5 Å². The van der Waals surface area contributed by atoms with E-state index in [2.05, 4.69) is 20.3 Å². The number of ether oxygens (including phenoxy) is 1. The Kier molecular flexibility index (Phi) is 5.99. The van der Waals surface area contributed by atoms with Crippen molar-refractivity contribution in [2.24, 2.45) is 7.05 Å². The van der Waals surface area contributed by atoms with E-state index in [1.807, 2.05) is 0 Å². The molecule has 1 fully saturated rings. The maximum Gasteiger partial charge on any atom is 0.252 e. The first kappa shape index (κ1) is 21.0. The normalized spacial score (nSPS) is 18.8. The van der Waals surface area contributed by atoms with Crippen molar-refractivity contribution in [1.29, 1.82) is 0 Å². The second-order valence-corrected chi connectivity index (χ2v) is 8.05. The van der Waals surface area contributed by atoms with Gasteiger partial charge in [-0.25, -0.2) is 15.0 Å². The Morgan fingerprint density at radius 3 is 2.74 bits per heavy atom. The largest absolute Gasteiger partial charge is 0.380 e. The molecule has 0 atom stereocenters. The quantitative estimate of drug-likeness (QED) is 0.635. The zero-order chi connectivity index (χ0) is 22.0. The molecule has 0 bridgehead atoms. The van der Waals surface area contributed by atoms with Gasteiger partial charge in [-0.2, -0.15) is 0 Å². The first-order valence-corrected chi connectivity index (χ1v) is 10.4. The summed E-state index contributed by atoms with van der Waals surface area (Å²) < 4.78 is 9.04. The summed E-state index contributed by atoms with van der Waals surface area (Å²) in [6.45, 7) is 0.114. The van der Waals surface area contributed by atoms with Crippen molar-refractivity contribution in [3.05, 3.63) is 41.3 Å². The Morgan fingerprint density at radius 2 is 2.06 bits per heavy atom. The number of aromatic nitrogens is 5. The van der Waals surface area contributed by atoms with Crippen LogP contribution in [0.5, 0.6) is 0 Å². The number of fused-ring (bicyclic) bond motifs is 1. The Labute approximate surface area is 179 Å². The number of likely N-dealkylation sites (N-methyl/N-ethyl adjacent to an activating group) is 1. The van der Waals surface area contributed by atoms with E-state index in [0.29, 0.717) is 22.7 Å². The molecule has 0 aromatic carbocycles. The summed E-state index contributed by atoms with van der Waals surface area (Å²) in [5, 5.41) is 3.51. The maximum atomic E-state index is 12.5. The number of pyridine rings is 1. The fraction of sp³-hybridized carbons (Fsp3) is 0.476. The monoisotopic (exact) mass is 425 g/mol. The number of nitrogens with one attached hydrogen (secondary N) is 1. The highest BCUT2D eigenvalue weighted by Gasteiger charge is 2.23. The third kappa shape index (κ3) is 4.58. The molecular formula is C21H27N7O3. The minimum Gasteiger partial charge on any atom is -0.380 e. The molecule has 0 radical (unpaired) electrons. The van der Waals surface area contributed by atoms with Crippen molar-refractivity contribution in [3.8, 4) is 5.95 Å². The molecule has 3 heterocycles. The lowest BCUT2D eigenvalue weighted by Crippen LogP contribution is -2.33. The lowest BCUT2D eigenvalue weighted by atomic mass is 9.92. The van der Waals surface area contributed by atoms with Crippen LogP contribution in [0.2, 0.25) is 0 Å². The van der Waals surface area contributed by atoms with Gasteiger partial charge in [0.2, 0.25) is 11.9 Å². The van der Waals surface area contributed by atoms with Gasteiger partial charge in [-0.05, 0) is 25.7 Å². The van der Waals surface area contributed by atoms with E-state index in [9.17, 15) is 9.59 Å². The van der Waals surface area contributed by atoms with Crippen molar-refractivity contribution in [2.45, 2.75) is 37.8 Å². The lowest BCUT2D eigenvalue weighted by Gasteiger charge is -2.30. The highest BCUT2D eigenvalue weighted by molar-refractivity contribution is 5.87. The van der Waals surface area contributed by atoms with Crippen LogP contribution in [0.15, 0.2) is 35.8 Å². The second-order valence-electron chi connectivity index (χ2n) is 8.05. The number of hydrogen-bond acceptors (Lipinski definition) is 7. The average Bonchev–Trinajstić information content (AvgIpc) is 3.31. The second kappa shape index (κ2) is 8.84. The van der Waals surface area contributed by atoms with Gasteiger partial charge in [-0.1, -0.05) is 0 Å². The molecular weight excluding hydrogens is 398 g/mol. The van der Waals surface area contributed by atoms with Crippen LogP contribution in [0, 0.1) is 0 Å². The Morgan fingerprint density at radius 1 is 1.29 bits per heavy atom. The Bertz CT molecular complexity index is 1120. The average molecular weight is 425 g/mol. The highest BCUT2D eigenvalue weighted by Crippen LogP contribution is 2.27. The minimum absolute atomic E-state index is 0.0276. The predicted octanol–water partition coefficient (Wildman–Crippen LogP) is 1.34. The zero-order valence-corrected chi connectivity index (χ0v) is 18.0. The van der Waals surface area contributed by atoms with Gasteiger partial charge in [0.15, 0.2) is 0 Å². The fourth-order valence-electron chi connectivity index (χ4n) is 3.74. The van der Waals surface area contributed by atoms with Crippen molar-refractivity contribution < 1.29 is 9.53 Å². The SMILES string of the molecule is CN(C)C(=O)CO[C@H]1CC[C@H](Nc2cc(=O)n(C)c3cnc(-n4ccnc4)nc23)CC1. The summed E-state index contributed by atoms with van der Waals surface area (Å²) >= 11 is 0. The van der Waals surface area contributed by atoms with Crippen LogP contribution in [0.4, 0.5) is 5.69 Å². The molecule has 4 rings (SSSR count). The van der Waals surface area contributed by atoms with E-state index in [0.717, 1.165) is 25.7 Å². The number of rotatable bonds is 6. The van der Waals surface area contributed by atoms with Crippen molar-refractivity contribution in [2.75, 3.05) is 26.0 Å². The molecule has 0 unspecified atom stereocenters. The molecule has 10 heteroatoms. The van der Waals surface area contributed by atoms with Crippen LogP contribution >= 0.6 is 0 Å². The number of hydrogen-bond donors (Lipinski definition) is 1. The molecule has 0 aliphatic heterocycles. The zero-order valence-electron chi connectivity index (χ0n) is 18.0. The standard InChI is InChI=1S/C21H27N7O3/c1-26(2)19(30)12-31-15-6-4-14(5-7-15)24-16-10-18(29)27(3)17-11-23-21(25-20(16)17)28-9-8-22-13-28/h8-11,13-15,24H,4-7,12H2,1-3H3/t14-,15-. The van der Waals surface area contributed by atoms with E-state index in [-0.39, 0.29) is 30.2 Å². The molecule has 31 heavy (non-hydrogen) atoms. The van der Waals surface area contributed by atoms with Crippen LogP contribution in [-0.4, -0.2) is 67.7 Å². The molecule has 10 nitrogen and oxygen atoms in total. The molecule has 1 aliphatic rings. The van der Waals surface area contributed by atoms with Crippen molar-refractivity contribution >= 4 is 22.6 Å². The Balaban J connectivity index is 1.49. The molecule has 1 N–H and O–H groups in total. The molecule has 1 aliphatic carbocycles. The predicted molar refractivity (Wildman–Crippen MR) is 116 cm³/mol. The van der Waals surface area contributed by atoms with E-state index in [1.165, 1.54) is 4.90 Å². The summed E-state index contributed by atoms with van der Waals surface area (Å²) in [7, 11) is 5.16. The highest BCUT2D eigenvalue weighted by atomic mass is 16.5. The number of carbonyl (C=O) groups is 1. The molecule has 0 saturated heterocycles. The first-order valence-electron chi connectivity index (χ1n) is 10.4. The topological polar surface area (TPSA) is 107 Å². The van der Waals surface area contributed by atoms with Gasteiger partial charge in [0.05, 0.1) is 23.5 Å².